The van der Waals surface area contributed by atoms with Gasteiger partial charge in [0.1, 0.15) is 5.76 Å². The molecule has 1 aliphatic rings. The molecule has 0 unspecified atom stereocenters. The van der Waals surface area contributed by atoms with Crippen molar-refractivity contribution < 1.29 is 14.0 Å². The second kappa shape index (κ2) is 6.51. The summed E-state index contributed by atoms with van der Waals surface area (Å²) < 4.78 is 5.31. The molecule has 24 heavy (non-hydrogen) atoms. The minimum Gasteiger partial charge on any atom is -0.467 e. The second-order valence-corrected chi connectivity index (χ2v) is 6.44. The lowest BCUT2D eigenvalue weighted by Gasteiger charge is -2.27. The van der Waals surface area contributed by atoms with Crippen molar-refractivity contribution in [2.45, 2.75) is 25.9 Å². The fourth-order valence-corrected chi connectivity index (χ4v) is 3.31. The van der Waals surface area contributed by atoms with Crippen LogP contribution in [0.15, 0.2) is 47.1 Å². The molecule has 0 bridgehead atoms. The first-order chi connectivity index (χ1) is 11.5. The summed E-state index contributed by atoms with van der Waals surface area (Å²) in [6, 6.07) is 11.5. The van der Waals surface area contributed by atoms with Crippen LogP contribution < -0.4 is 0 Å². The van der Waals surface area contributed by atoms with Gasteiger partial charge in [0.05, 0.1) is 24.8 Å². The normalized spacial score (nSPS) is 20.5. The Balaban J connectivity index is 1.82. The number of furan rings is 1. The van der Waals surface area contributed by atoms with E-state index in [0.717, 1.165) is 16.9 Å². The van der Waals surface area contributed by atoms with Gasteiger partial charge in [-0.3, -0.25) is 9.59 Å². The van der Waals surface area contributed by atoms with Crippen molar-refractivity contribution in [2.24, 2.45) is 5.92 Å². The average Bonchev–Trinajstić information content (AvgIpc) is 3.17. The fraction of sp³-hybridized carbons (Fsp3) is 0.368. The molecule has 2 atom stereocenters. The first-order valence-corrected chi connectivity index (χ1v) is 8.07. The van der Waals surface area contributed by atoms with Crippen molar-refractivity contribution in [1.82, 2.24) is 9.80 Å². The van der Waals surface area contributed by atoms with Crippen LogP contribution in [0.3, 0.4) is 0 Å². The van der Waals surface area contributed by atoms with E-state index in [0.29, 0.717) is 6.54 Å². The van der Waals surface area contributed by atoms with Gasteiger partial charge in [-0.15, -0.1) is 0 Å². The zero-order valence-electron chi connectivity index (χ0n) is 14.2. The smallest absolute Gasteiger partial charge is 0.228 e. The highest BCUT2D eigenvalue weighted by molar-refractivity contribution is 5.90. The molecule has 1 saturated heterocycles. The molecule has 126 valence electrons. The van der Waals surface area contributed by atoms with E-state index in [1.807, 2.05) is 37.3 Å². The third-order valence-corrected chi connectivity index (χ3v) is 4.67. The first-order valence-electron chi connectivity index (χ1n) is 8.07. The van der Waals surface area contributed by atoms with Gasteiger partial charge in [0.15, 0.2) is 0 Å². The van der Waals surface area contributed by atoms with Crippen LogP contribution in [0.1, 0.15) is 29.3 Å². The SMILES string of the molecule is Cc1ccc([C@H]2[C@H](C(=O)N(C)Cc3ccco3)CC(=O)N2C)cc1. The van der Waals surface area contributed by atoms with Crippen LogP contribution in [-0.4, -0.2) is 35.7 Å². The van der Waals surface area contributed by atoms with E-state index in [4.69, 9.17) is 4.42 Å². The van der Waals surface area contributed by atoms with E-state index in [1.165, 1.54) is 0 Å². The Morgan fingerprint density at radius 1 is 1.29 bits per heavy atom. The van der Waals surface area contributed by atoms with Gasteiger partial charge in [-0.2, -0.15) is 0 Å². The molecule has 0 radical (unpaired) electrons. The maximum Gasteiger partial charge on any atom is 0.228 e. The summed E-state index contributed by atoms with van der Waals surface area (Å²) in [6.45, 7) is 2.42. The molecule has 1 aromatic heterocycles. The van der Waals surface area contributed by atoms with E-state index >= 15 is 0 Å². The highest BCUT2D eigenvalue weighted by Gasteiger charge is 2.43. The first kappa shape index (κ1) is 16.3. The van der Waals surface area contributed by atoms with Crippen LogP contribution >= 0.6 is 0 Å². The average molecular weight is 326 g/mol. The van der Waals surface area contributed by atoms with Gasteiger partial charge in [0, 0.05) is 20.5 Å². The highest BCUT2D eigenvalue weighted by atomic mass is 16.3. The molecule has 2 amide bonds. The molecule has 3 rings (SSSR count). The van der Waals surface area contributed by atoms with Gasteiger partial charge in [-0.05, 0) is 24.6 Å². The third-order valence-electron chi connectivity index (χ3n) is 4.67. The monoisotopic (exact) mass is 326 g/mol. The van der Waals surface area contributed by atoms with Crippen LogP contribution in [0, 0.1) is 12.8 Å². The number of rotatable bonds is 4. The van der Waals surface area contributed by atoms with Crippen molar-refractivity contribution in [1.29, 1.82) is 0 Å². The summed E-state index contributed by atoms with van der Waals surface area (Å²) in [4.78, 5) is 28.5. The van der Waals surface area contributed by atoms with E-state index in [2.05, 4.69) is 0 Å². The van der Waals surface area contributed by atoms with E-state index in [9.17, 15) is 9.59 Å². The van der Waals surface area contributed by atoms with Gasteiger partial charge in [-0.25, -0.2) is 0 Å². The molecule has 5 heteroatoms. The molecule has 2 heterocycles. The van der Waals surface area contributed by atoms with Gasteiger partial charge >= 0.3 is 0 Å². The van der Waals surface area contributed by atoms with E-state index < -0.39 is 0 Å². The van der Waals surface area contributed by atoms with Crippen molar-refractivity contribution >= 4 is 11.8 Å². The number of likely N-dealkylation sites (tertiary alicyclic amines) is 1. The second-order valence-electron chi connectivity index (χ2n) is 6.44. The number of hydrogen-bond donors (Lipinski definition) is 0. The molecule has 1 fully saturated rings. The molecule has 2 aromatic rings. The van der Waals surface area contributed by atoms with Crippen molar-refractivity contribution in [3.8, 4) is 0 Å². The maximum atomic E-state index is 12.9. The van der Waals surface area contributed by atoms with Crippen LogP contribution in [0.4, 0.5) is 0 Å². The quantitative estimate of drug-likeness (QED) is 0.868. The zero-order valence-corrected chi connectivity index (χ0v) is 14.2. The zero-order chi connectivity index (χ0) is 17.3. The van der Waals surface area contributed by atoms with Crippen LogP contribution in [0.5, 0.6) is 0 Å². The molecule has 1 aliphatic heterocycles. The lowest BCUT2D eigenvalue weighted by atomic mass is 9.92. The number of nitrogens with zero attached hydrogens (tertiary/aromatic N) is 2. The van der Waals surface area contributed by atoms with Gasteiger partial charge in [-0.1, -0.05) is 29.8 Å². The van der Waals surface area contributed by atoms with E-state index in [1.54, 1.807) is 36.2 Å². The summed E-state index contributed by atoms with van der Waals surface area (Å²) in [5.41, 5.74) is 2.15. The number of carbonyl (C=O) groups excluding carboxylic acids is 2. The summed E-state index contributed by atoms with van der Waals surface area (Å²) in [5, 5.41) is 0. The maximum absolute atomic E-state index is 12.9. The fourth-order valence-electron chi connectivity index (χ4n) is 3.31. The number of amides is 2. The van der Waals surface area contributed by atoms with Crippen LogP contribution in [-0.2, 0) is 16.1 Å². The summed E-state index contributed by atoms with van der Waals surface area (Å²) >= 11 is 0. The Labute approximate surface area is 141 Å². The van der Waals surface area contributed by atoms with Gasteiger partial charge < -0.3 is 14.2 Å². The molecule has 0 aliphatic carbocycles. The molecule has 0 spiro atoms. The predicted octanol–water partition coefficient (Wildman–Crippen LogP) is 2.77. The lowest BCUT2D eigenvalue weighted by Crippen LogP contribution is -2.35. The Bertz CT molecular complexity index is 722. The summed E-state index contributed by atoms with van der Waals surface area (Å²) in [6.07, 6.45) is 1.84. The number of carbonyl (C=O) groups is 2. The molecule has 0 N–H and O–H groups in total. The summed E-state index contributed by atoms with van der Waals surface area (Å²) in [5.74, 6) is 0.334. The Hall–Kier alpha value is -2.56. The number of aryl methyl sites for hydroxylation is 1. The standard InChI is InChI=1S/C19H22N2O3/c1-13-6-8-14(9-7-13)18-16(11-17(22)21(18)3)19(23)20(2)12-15-5-4-10-24-15/h4-10,16,18H,11-12H2,1-3H3/t16-,18+/m1/s1. The topological polar surface area (TPSA) is 53.8 Å². The predicted molar refractivity (Wildman–Crippen MR) is 90.0 cm³/mol. The highest BCUT2D eigenvalue weighted by Crippen LogP contribution is 2.38. The van der Waals surface area contributed by atoms with E-state index in [-0.39, 0.29) is 30.2 Å². The number of hydrogen-bond acceptors (Lipinski definition) is 3. The molecule has 0 saturated carbocycles. The molecular weight excluding hydrogens is 304 g/mol. The van der Waals surface area contributed by atoms with Crippen molar-refractivity contribution in [3.63, 3.8) is 0 Å². The number of benzene rings is 1. The Kier molecular flexibility index (Phi) is 4.42. The molecule has 5 nitrogen and oxygen atoms in total. The minimum atomic E-state index is -0.370. The molecule has 1 aromatic carbocycles. The van der Waals surface area contributed by atoms with Crippen molar-refractivity contribution in [3.05, 3.63) is 59.5 Å². The Morgan fingerprint density at radius 2 is 2.00 bits per heavy atom. The minimum absolute atomic E-state index is 0.00493. The lowest BCUT2D eigenvalue weighted by molar-refractivity contribution is -0.136. The van der Waals surface area contributed by atoms with Gasteiger partial charge in [0.25, 0.3) is 0 Å². The van der Waals surface area contributed by atoms with Crippen molar-refractivity contribution in [2.75, 3.05) is 14.1 Å². The van der Waals surface area contributed by atoms with Gasteiger partial charge in [0.2, 0.25) is 11.8 Å². The third kappa shape index (κ3) is 3.07. The van der Waals surface area contributed by atoms with Crippen LogP contribution in [0.25, 0.3) is 0 Å². The molecular formula is C19H22N2O3. The Morgan fingerprint density at radius 3 is 2.62 bits per heavy atom. The van der Waals surface area contributed by atoms with Crippen LogP contribution in [0.2, 0.25) is 0 Å². The largest absolute Gasteiger partial charge is 0.467 e. The summed E-state index contributed by atoms with van der Waals surface area (Å²) in [7, 11) is 3.52.